The van der Waals surface area contributed by atoms with Crippen LogP contribution in [0.5, 0.6) is 0 Å². The van der Waals surface area contributed by atoms with Gasteiger partial charge in [-0.1, -0.05) is 29.8 Å². The van der Waals surface area contributed by atoms with Crippen LogP contribution in [-0.2, 0) is 16.0 Å². The highest BCUT2D eigenvalue weighted by Gasteiger charge is 2.25. The lowest BCUT2D eigenvalue weighted by Gasteiger charge is -2.16. The van der Waals surface area contributed by atoms with E-state index in [1.165, 1.54) is 19.2 Å². The van der Waals surface area contributed by atoms with E-state index in [9.17, 15) is 19.7 Å². The van der Waals surface area contributed by atoms with Crippen molar-refractivity contribution in [2.75, 3.05) is 7.11 Å². The van der Waals surface area contributed by atoms with Gasteiger partial charge in [0.1, 0.15) is 6.04 Å². The SMILES string of the molecule is COC(=O)[C@@H](Cc1c[nH]c2ccccc12)NC(=O)c1ccc([N+](=O)[O-])cc1Cl. The highest BCUT2D eigenvalue weighted by atomic mass is 35.5. The Morgan fingerprint density at radius 2 is 2.04 bits per heavy atom. The van der Waals surface area contributed by atoms with Crippen molar-refractivity contribution in [2.45, 2.75) is 12.5 Å². The van der Waals surface area contributed by atoms with E-state index < -0.39 is 22.8 Å². The molecule has 1 atom stereocenters. The van der Waals surface area contributed by atoms with Crippen LogP contribution in [0.2, 0.25) is 5.02 Å². The van der Waals surface area contributed by atoms with Crippen molar-refractivity contribution in [3.05, 3.63) is 74.9 Å². The second-order valence-electron chi connectivity index (χ2n) is 6.03. The maximum atomic E-state index is 12.6. The summed E-state index contributed by atoms with van der Waals surface area (Å²) < 4.78 is 4.80. The highest BCUT2D eigenvalue weighted by Crippen LogP contribution is 2.23. The Balaban J connectivity index is 1.84. The minimum Gasteiger partial charge on any atom is -0.467 e. The lowest BCUT2D eigenvalue weighted by molar-refractivity contribution is -0.384. The number of hydrogen-bond acceptors (Lipinski definition) is 5. The first-order valence-electron chi connectivity index (χ1n) is 8.28. The molecule has 9 heteroatoms. The average molecular weight is 402 g/mol. The number of amides is 1. The zero-order chi connectivity index (χ0) is 20.3. The van der Waals surface area contributed by atoms with Gasteiger partial charge in [-0.05, 0) is 17.7 Å². The number of rotatable bonds is 6. The number of methoxy groups -OCH3 is 1. The number of ether oxygens (including phenoxy) is 1. The quantitative estimate of drug-likeness (QED) is 0.374. The zero-order valence-electron chi connectivity index (χ0n) is 14.8. The maximum absolute atomic E-state index is 12.6. The molecule has 144 valence electrons. The summed E-state index contributed by atoms with van der Waals surface area (Å²) in [7, 11) is 1.23. The largest absolute Gasteiger partial charge is 0.467 e. The lowest BCUT2D eigenvalue weighted by atomic mass is 10.0. The molecule has 0 aliphatic carbocycles. The number of esters is 1. The van der Waals surface area contributed by atoms with Gasteiger partial charge in [0.2, 0.25) is 0 Å². The molecule has 28 heavy (non-hydrogen) atoms. The van der Waals surface area contributed by atoms with Crippen LogP contribution >= 0.6 is 11.6 Å². The molecule has 1 heterocycles. The summed E-state index contributed by atoms with van der Waals surface area (Å²) in [5.74, 6) is -1.24. The molecule has 3 aromatic rings. The number of aromatic nitrogens is 1. The number of fused-ring (bicyclic) bond motifs is 1. The van der Waals surface area contributed by atoms with E-state index in [1.807, 2.05) is 24.3 Å². The van der Waals surface area contributed by atoms with Gasteiger partial charge >= 0.3 is 5.97 Å². The van der Waals surface area contributed by atoms with Crippen LogP contribution in [0.15, 0.2) is 48.7 Å². The number of nitro benzene ring substituents is 1. The first-order valence-corrected chi connectivity index (χ1v) is 8.66. The van der Waals surface area contributed by atoms with Crippen LogP contribution < -0.4 is 5.32 Å². The molecule has 0 unspecified atom stereocenters. The van der Waals surface area contributed by atoms with E-state index in [0.29, 0.717) is 0 Å². The third-order valence-electron chi connectivity index (χ3n) is 4.30. The molecule has 1 amide bonds. The van der Waals surface area contributed by atoms with Crippen molar-refractivity contribution >= 4 is 40.1 Å². The number of nitro groups is 1. The third-order valence-corrected chi connectivity index (χ3v) is 4.61. The molecule has 2 aromatic carbocycles. The Morgan fingerprint density at radius 1 is 1.29 bits per heavy atom. The molecule has 8 nitrogen and oxygen atoms in total. The Hall–Kier alpha value is -3.39. The number of carbonyl (C=O) groups is 2. The number of aromatic amines is 1. The summed E-state index contributed by atoms with van der Waals surface area (Å²) >= 11 is 6.00. The van der Waals surface area contributed by atoms with Gasteiger partial charge in [0, 0.05) is 35.7 Å². The highest BCUT2D eigenvalue weighted by molar-refractivity contribution is 6.34. The van der Waals surface area contributed by atoms with Crippen LogP contribution in [0.3, 0.4) is 0 Å². The van der Waals surface area contributed by atoms with Gasteiger partial charge < -0.3 is 15.0 Å². The molecule has 0 saturated carbocycles. The van der Waals surface area contributed by atoms with E-state index in [1.54, 1.807) is 6.20 Å². The van der Waals surface area contributed by atoms with Crippen molar-refractivity contribution < 1.29 is 19.2 Å². The van der Waals surface area contributed by atoms with Gasteiger partial charge in [-0.2, -0.15) is 0 Å². The molecule has 0 radical (unpaired) electrons. The number of nitrogens with zero attached hydrogens (tertiary/aromatic N) is 1. The van der Waals surface area contributed by atoms with Gasteiger partial charge in [0.05, 0.1) is 22.6 Å². The predicted octanol–water partition coefficient (Wildman–Crippen LogP) is 3.24. The number of hydrogen-bond donors (Lipinski definition) is 2. The van der Waals surface area contributed by atoms with Crippen LogP contribution in [0.1, 0.15) is 15.9 Å². The summed E-state index contributed by atoms with van der Waals surface area (Å²) in [6.07, 6.45) is 1.97. The van der Waals surface area contributed by atoms with E-state index in [2.05, 4.69) is 10.3 Å². The van der Waals surface area contributed by atoms with E-state index in [0.717, 1.165) is 22.5 Å². The van der Waals surface area contributed by atoms with Gasteiger partial charge in [0.25, 0.3) is 11.6 Å². The number of benzene rings is 2. The minimum absolute atomic E-state index is 0.0279. The standard InChI is InChI=1S/C19H16ClN3O5/c1-28-19(25)17(8-11-10-21-16-5-3-2-4-13(11)16)22-18(24)14-7-6-12(23(26)27)9-15(14)20/h2-7,9-10,17,21H,8H2,1H3,(H,22,24)/t17-/m1/s1. The molecular weight excluding hydrogens is 386 g/mol. The fraction of sp³-hybridized carbons (Fsp3) is 0.158. The summed E-state index contributed by atoms with van der Waals surface area (Å²) in [4.78, 5) is 38.1. The van der Waals surface area contributed by atoms with Gasteiger partial charge in [-0.15, -0.1) is 0 Å². The molecular formula is C19H16ClN3O5. The number of halogens is 1. The van der Waals surface area contributed by atoms with Crippen molar-refractivity contribution in [3.8, 4) is 0 Å². The number of nitrogens with one attached hydrogen (secondary N) is 2. The Morgan fingerprint density at radius 3 is 2.71 bits per heavy atom. The number of non-ortho nitro benzene ring substituents is 1. The van der Waals surface area contributed by atoms with Crippen LogP contribution in [0.4, 0.5) is 5.69 Å². The monoisotopic (exact) mass is 401 g/mol. The van der Waals surface area contributed by atoms with E-state index in [4.69, 9.17) is 16.3 Å². The Bertz CT molecular complexity index is 1060. The van der Waals surface area contributed by atoms with Crippen LogP contribution in [0, 0.1) is 10.1 Å². The first-order chi connectivity index (χ1) is 13.4. The Kier molecular flexibility index (Phi) is 5.60. The summed E-state index contributed by atoms with van der Waals surface area (Å²) in [6.45, 7) is 0. The smallest absolute Gasteiger partial charge is 0.328 e. The lowest BCUT2D eigenvalue weighted by Crippen LogP contribution is -2.43. The third kappa shape index (κ3) is 3.96. The van der Waals surface area contributed by atoms with E-state index >= 15 is 0 Å². The summed E-state index contributed by atoms with van der Waals surface area (Å²) in [5, 5.41) is 14.3. The number of para-hydroxylation sites is 1. The fourth-order valence-corrected chi connectivity index (χ4v) is 3.15. The first kappa shape index (κ1) is 19.4. The van der Waals surface area contributed by atoms with Gasteiger partial charge in [-0.3, -0.25) is 14.9 Å². The van der Waals surface area contributed by atoms with Crippen LogP contribution in [0.25, 0.3) is 10.9 Å². The van der Waals surface area contributed by atoms with Crippen molar-refractivity contribution in [1.82, 2.24) is 10.3 Å². The summed E-state index contributed by atoms with van der Waals surface area (Å²) in [5.41, 5.74) is 1.54. The minimum atomic E-state index is -0.956. The molecule has 0 spiro atoms. The van der Waals surface area contributed by atoms with Crippen molar-refractivity contribution in [2.24, 2.45) is 0 Å². The fourth-order valence-electron chi connectivity index (χ4n) is 2.89. The molecule has 0 saturated heterocycles. The predicted molar refractivity (Wildman–Crippen MR) is 103 cm³/mol. The topological polar surface area (TPSA) is 114 Å². The molecule has 3 rings (SSSR count). The number of H-pyrrole nitrogens is 1. The zero-order valence-corrected chi connectivity index (χ0v) is 15.5. The molecule has 1 aromatic heterocycles. The molecule has 0 bridgehead atoms. The average Bonchev–Trinajstić information content (AvgIpc) is 3.09. The Labute approximate surface area is 164 Å². The van der Waals surface area contributed by atoms with E-state index in [-0.39, 0.29) is 22.7 Å². The maximum Gasteiger partial charge on any atom is 0.328 e. The number of carbonyl (C=O) groups excluding carboxylic acids is 2. The van der Waals surface area contributed by atoms with Crippen molar-refractivity contribution in [1.29, 1.82) is 0 Å². The normalized spacial score (nSPS) is 11.8. The molecule has 0 fully saturated rings. The molecule has 2 N–H and O–H groups in total. The van der Waals surface area contributed by atoms with Gasteiger partial charge in [-0.25, -0.2) is 4.79 Å². The van der Waals surface area contributed by atoms with Gasteiger partial charge in [0.15, 0.2) is 0 Å². The molecule has 0 aliphatic rings. The van der Waals surface area contributed by atoms with Crippen LogP contribution in [-0.4, -0.2) is 34.9 Å². The second-order valence-corrected chi connectivity index (χ2v) is 6.44. The van der Waals surface area contributed by atoms with Crippen molar-refractivity contribution in [3.63, 3.8) is 0 Å². The summed E-state index contributed by atoms with van der Waals surface area (Å²) in [6, 6.07) is 10.1. The second kappa shape index (κ2) is 8.10. The molecule has 0 aliphatic heterocycles.